The molecule has 0 saturated carbocycles. The van der Waals surface area contributed by atoms with Gasteiger partial charge in [-0.3, -0.25) is 4.79 Å². The molecule has 1 amide bonds. The number of carbonyl (C=O) groups is 2. The molecule has 0 heterocycles. The summed E-state index contributed by atoms with van der Waals surface area (Å²) in [6.45, 7) is 1.59. The smallest absolute Gasteiger partial charge is 0.422 e. The molecule has 25 heavy (non-hydrogen) atoms. The maximum absolute atomic E-state index is 12.2. The number of rotatable bonds is 9. The molecule has 6 nitrogen and oxygen atoms in total. The molecule has 1 atom stereocenters. The fraction of sp³-hybridized carbons (Fsp3) is 0.500. The molecule has 1 aromatic rings. The maximum Gasteiger partial charge on any atom is 0.422 e. The van der Waals surface area contributed by atoms with Crippen LogP contribution in [-0.4, -0.2) is 42.4 Å². The van der Waals surface area contributed by atoms with E-state index in [4.69, 9.17) is 9.84 Å². The number of hydrogen-bond acceptors (Lipinski definition) is 4. The summed E-state index contributed by atoms with van der Waals surface area (Å²) < 4.78 is 46.5. The van der Waals surface area contributed by atoms with Crippen molar-refractivity contribution in [1.82, 2.24) is 5.32 Å². The molecule has 9 heteroatoms. The highest BCUT2D eigenvalue weighted by molar-refractivity contribution is 5.84. The quantitative estimate of drug-likeness (QED) is 0.705. The van der Waals surface area contributed by atoms with Crippen molar-refractivity contribution in [2.24, 2.45) is 5.92 Å². The van der Waals surface area contributed by atoms with Crippen molar-refractivity contribution in [3.8, 4) is 11.5 Å². The number of halogens is 3. The first-order valence-electron chi connectivity index (χ1n) is 7.52. The van der Waals surface area contributed by atoms with Crippen LogP contribution in [0.5, 0.6) is 11.5 Å². The van der Waals surface area contributed by atoms with Crippen LogP contribution in [0.25, 0.3) is 0 Å². The van der Waals surface area contributed by atoms with Crippen molar-refractivity contribution in [3.63, 3.8) is 0 Å². The highest BCUT2D eigenvalue weighted by Gasteiger charge is 2.29. The molecule has 1 rings (SSSR count). The van der Waals surface area contributed by atoms with E-state index in [1.807, 2.05) is 13.8 Å². The second-order valence-electron chi connectivity index (χ2n) is 5.73. The zero-order valence-electron chi connectivity index (χ0n) is 13.8. The van der Waals surface area contributed by atoms with E-state index >= 15 is 0 Å². The fourth-order valence-electron chi connectivity index (χ4n) is 1.92. The number of para-hydroxylation sites is 2. The van der Waals surface area contributed by atoms with Crippen molar-refractivity contribution >= 4 is 11.9 Å². The van der Waals surface area contributed by atoms with Crippen molar-refractivity contribution in [2.75, 3.05) is 13.2 Å². The summed E-state index contributed by atoms with van der Waals surface area (Å²) in [5, 5.41) is 11.4. The number of carboxylic acids is 1. The molecular formula is C16H20F3NO5. The minimum Gasteiger partial charge on any atom is -0.480 e. The van der Waals surface area contributed by atoms with Crippen LogP contribution in [0.15, 0.2) is 24.3 Å². The Balaban J connectivity index is 2.62. The predicted octanol–water partition coefficient (Wildman–Crippen LogP) is 2.62. The van der Waals surface area contributed by atoms with Gasteiger partial charge in [-0.25, -0.2) is 4.79 Å². The number of ether oxygens (including phenoxy) is 2. The highest BCUT2D eigenvalue weighted by Crippen LogP contribution is 2.28. The van der Waals surface area contributed by atoms with E-state index in [0.29, 0.717) is 0 Å². The van der Waals surface area contributed by atoms with Crippen LogP contribution >= 0.6 is 0 Å². The second-order valence-corrected chi connectivity index (χ2v) is 5.73. The monoisotopic (exact) mass is 363 g/mol. The minimum absolute atomic E-state index is 0.0439. The van der Waals surface area contributed by atoms with E-state index in [1.165, 1.54) is 24.3 Å². The number of alkyl halides is 3. The second kappa shape index (κ2) is 9.14. The van der Waals surface area contributed by atoms with E-state index in [2.05, 4.69) is 10.1 Å². The van der Waals surface area contributed by atoms with Crippen LogP contribution in [0, 0.1) is 5.92 Å². The van der Waals surface area contributed by atoms with Crippen LogP contribution in [0.2, 0.25) is 0 Å². The van der Waals surface area contributed by atoms with E-state index in [9.17, 15) is 22.8 Å². The summed E-state index contributed by atoms with van der Waals surface area (Å²) in [7, 11) is 0. The Labute approximate surface area is 142 Å². The lowest BCUT2D eigenvalue weighted by Crippen LogP contribution is -2.43. The fourth-order valence-corrected chi connectivity index (χ4v) is 1.92. The first-order valence-corrected chi connectivity index (χ1v) is 7.52. The van der Waals surface area contributed by atoms with Gasteiger partial charge in [0.1, 0.15) is 6.04 Å². The molecule has 0 aliphatic heterocycles. The normalized spacial score (nSPS) is 12.6. The van der Waals surface area contributed by atoms with Crippen LogP contribution in [0.4, 0.5) is 13.2 Å². The summed E-state index contributed by atoms with van der Waals surface area (Å²) in [5.41, 5.74) is 0. The third-order valence-electron chi connectivity index (χ3n) is 2.94. The Morgan fingerprint density at radius 1 is 1.16 bits per heavy atom. The van der Waals surface area contributed by atoms with Gasteiger partial charge in [-0.05, 0) is 24.5 Å². The SMILES string of the molecule is CC(C)C[C@@H](NC(=O)COc1ccccc1OCC(F)(F)F)C(=O)O. The summed E-state index contributed by atoms with van der Waals surface area (Å²) in [5.74, 6) is -2.02. The average molecular weight is 363 g/mol. The molecule has 0 fully saturated rings. The summed E-state index contributed by atoms with van der Waals surface area (Å²) in [6.07, 6.45) is -4.26. The molecule has 1 aromatic carbocycles. The number of amides is 1. The number of benzene rings is 1. The van der Waals surface area contributed by atoms with Crippen LogP contribution < -0.4 is 14.8 Å². The number of aliphatic carboxylic acids is 1. The lowest BCUT2D eigenvalue weighted by molar-refractivity contribution is -0.153. The molecule has 0 saturated heterocycles. The van der Waals surface area contributed by atoms with Crippen LogP contribution in [-0.2, 0) is 9.59 Å². The molecule has 0 aromatic heterocycles. The first kappa shape index (κ1) is 20.6. The van der Waals surface area contributed by atoms with Gasteiger partial charge < -0.3 is 19.9 Å². The molecule has 2 N–H and O–H groups in total. The van der Waals surface area contributed by atoms with Gasteiger partial charge in [-0.15, -0.1) is 0 Å². The number of nitrogens with one attached hydrogen (secondary N) is 1. The number of hydrogen-bond donors (Lipinski definition) is 2. The number of carbonyl (C=O) groups excluding carboxylic acids is 1. The zero-order chi connectivity index (χ0) is 19.0. The standard InChI is InChI=1S/C16H20F3NO5/c1-10(2)7-11(15(22)23)20-14(21)8-24-12-5-3-4-6-13(12)25-9-16(17,18)19/h3-6,10-11H,7-9H2,1-2H3,(H,20,21)(H,22,23)/t11-/m1/s1. The maximum atomic E-state index is 12.2. The Morgan fingerprint density at radius 2 is 1.72 bits per heavy atom. The Bertz CT molecular complexity index is 589. The molecule has 0 radical (unpaired) electrons. The van der Waals surface area contributed by atoms with Gasteiger partial charge in [-0.1, -0.05) is 26.0 Å². The van der Waals surface area contributed by atoms with Gasteiger partial charge in [-0.2, -0.15) is 13.2 Å². The zero-order valence-corrected chi connectivity index (χ0v) is 13.8. The Hall–Kier alpha value is -2.45. The summed E-state index contributed by atoms with van der Waals surface area (Å²) >= 11 is 0. The third kappa shape index (κ3) is 8.27. The largest absolute Gasteiger partial charge is 0.480 e. The molecular weight excluding hydrogens is 343 g/mol. The molecule has 0 aliphatic rings. The van der Waals surface area contributed by atoms with E-state index in [1.54, 1.807) is 0 Å². The molecule has 0 aliphatic carbocycles. The lowest BCUT2D eigenvalue weighted by atomic mass is 10.0. The number of carboxylic acid groups (broad SMARTS) is 1. The Morgan fingerprint density at radius 3 is 2.20 bits per heavy atom. The van der Waals surface area contributed by atoms with Gasteiger partial charge in [0.15, 0.2) is 24.7 Å². The lowest BCUT2D eigenvalue weighted by Gasteiger charge is -2.17. The summed E-state index contributed by atoms with van der Waals surface area (Å²) in [6, 6.07) is 4.53. The molecule has 0 unspecified atom stereocenters. The molecule has 0 spiro atoms. The van der Waals surface area contributed by atoms with Crippen molar-refractivity contribution < 1.29 is 37.3 Å². The van der Waals surface area contributed by atoms with Crippen molar-refractivity contribution in [1.29, 1.82) is 0 Å². The summed E-state index contributed by atoms with van der Waals surface area (Å²) in [4.78, 5) is 22.9. The van der Waals surface area contributed by atoms with Crippen LogP contribution in [0.3, 0.4) is 0 Å². The molecule has 140 valence electrons. The van der Waals surface area contributed by atoms with Crippen molar-refractivity contribution in [3.05, 3.63) is 24.3 Å². The van der Waals surface area contributed by atoms with E-state index < -0.39 is 37.3 Å². The topological polar surface area (TPSA) is 84.9 Å². The van der Waals surface area contributed by atoms with Gasteiger partial charge in [0.25, 0.3) is 5.91 Å². The van der Waals surface area contributed by atoms with Gasteiger partial charge >= 0.3 is 12.1 Å². The van der Waals surface area contributed by atoms with Gasteiger partial charge in [0, 0.05) is 0 Å². The molecule has 0 bridgehead atoms. The minimum atomic E-state index is -4.50. The Kier molecular flexibility index (Phi) is 7.53. The van der Waals surface area contributed by atoms with E-state index in [-0.39, 0.29) is 23.8 Å². The average Bonchev–Trinajstić information content (AvgIpc) is 2.49. The van der Waals surface area contributed by atoms with Crippen molar-refractivity contribution in [2.45, 2.75) is 32.5 Å². The third-order valence-corrected chi connectivity index (χ3v) is 2.94. The predicted molar refractivity (Wildman–Crippen MR) is 82.5 cm³/mol. The van der Waals surface area contributed by atoms with Crippen LogP contribution in [0.1, 0.15) is 20.3 Å². The van der Waals surface area contributed by atoms with E-state index in [0.717, 1.165) is 0 Å². The van der Waals surface area contributed by atoms with Gasteiger partial charge in [0.05, 0.1) is 0 Å². The van der Waals surface area contributed by atoms with Gasteiger partial charge in [0.2, 0.25) is 0 Å². The highest BCUT2D eigenvalue weighted by atomic mass is 19.4. The first-order chi connectivity index (χ1) is 11.6.